The maximum absolute atomic E-state index is 12.7. The van der Waals surface area contributed by atoms with Crippen LogP contribution in [0.15, 0.2) is 109 Å². The molecule has 0 radical (unpaired) electrons. The number of rotatable bonds is 12. The van der Waals surface area contributed by atoms with E-state index in [0.29, 0.717) is 32.3 Å². The van der Waals surface area contributed by atoms with E-state index in [0.717, 1.165) is 0 Å². The molecule has 0 saturated carbocycles. The number of hydrogen-bond donors (Lipinski definition) is 0. The molecule has 44 heavy (non-hydrogen) atoms. The summed E-state index contributed by atoms with van der Waals surface area (Å²) in [5, 5.41) is 51.1. The number of fused-ring (bicyclic) bond motifs is 1. The van der Waals surface area contributed by atoms with E-state index in [1.165, 1.54) is 48.5 Å². The van der Waals surface area contributed by atoms with E-state index in [2.05, 4.69) is 0 Å². The number of anilines is 4. The molecule has 0 aromatic heterocycles. The van der Waals surface area contributed by atoms with Crippen molar-refractivity contribution in [2.75, 3.05) is 34.1 Å². The van der Waals surface area contributed by atoms with Crippen molar-refractivity contribution in [3.63, 3.8) is 0 Å². The van der Waals surface area contributed by atoms with Crippen LogP contribution in [-0.4, -0.2) is 37.6 Å². The van der Waals surface area contributed by atoms with Crippen molar-refractivity contribution in [3.05, 3.63) is 130 Å². The van der Waals surface area contributed by atoms with Crippen LogP contribution in [0.3, 0.4) is 0 Å². The predicted molar refractivity (Wildman–Crippen MR) is 160 cm³/mol. The molecule has 2 aliphatic heterocycles. The first kappa shape index (κ1) is 29.4. The smallest absolute Gasteiger partial charge is 0.154 e. The summed E-state index contributed by atoms with van der Waals surface area (Å²) in [4.78, 5) is 21.6. The van der Waals surface area contributed by atoms with Crippen LogP contribution in [0.25, 0.3) is 0 Å². The standard InChI is InChI=1S/C30H26N4O10/c35-31(21-7-3-1-4-8-21)41-25-15-11-23(12-16-25)33(37)43-27-19-39-30-28(20-40-29(27)30)44-34(38)24-13-17-26(18-14-24)42-32(36)22-9-5-2-6-10-22/h1-18,27-30H,19-20H2/q-4/t27-,28+,29?,30?. The Balaban J connectivity index is 0.983. The van der Waals surface area contributed by atoms with Crippen LogP contribution >= 0.6 is 0 Å². The van der Waals surface area contributed by atoms with E-state index < -0.39 is 24.4 Å². The van der Waals surface area contributed by atoms with Gasteiger partial charge >= 0.3 is 0 Å². The van der Waals surface area contributed by atoms with Crippen molar-refractivity contribution in [2.45, 2.75) is 24.4 Å². The number of hydrogen-bond acceptors (Lipinski definition) is 14. The van der Waals surface area contributed by atoms with Crippen LogP contribution in [-0.2, 0) is 19.1 Å². The van der Waals surface area contributed by atoms with Gasteiger partial charge in [-0.1, -0.05) is 36.4 Å². The molecule has 2 fully saturated rings. The third-order valence-corrected chi connectivity index (χ3v) is 6.83. The molecule has 6 rings (SSSR count). The van der Waals surface area contributed by atoms with Crippen molar-refractivity contribution in [1.82, 2.24) is 0 Å². The molecule has 14 nitrogen and oxygen atoms in total. The number of para-hydroxylation sites is 2. The first-order valence-corrected chi connectivity index (χ1v) is 13.6. The fourth-order valence-electron chi connectivity index (χ4n) is 4.63. The maximum atomic E-state index is 12.7. The molecule has 0 aliphatic carbocycles. The molecule has 0 amide bonds. The fourth-order valence-corrected chi connectivity index (χ4v) is 4.63. The molecule has 2 saturated heterocycles. The van der Waals surface area contributed by atoms with Crippen molar-refractivity contribution in [3.8, 4) is 11.5 Å². The topological polar surface area (TPSA) is 161 Å². The number of ether oxygens (including phenoxy) is 2. The van der Waals surface area contributed by atoms with Crippen molar-refractivity contribution >= 4 is 22.7 Å². The van der Waals surface area contributed by atoms with Gasteiger partial charge in [-0.2, -0.15) is 0 Å². The van der Waals surface area contributed by atoms with Gasteiger partial charge in [0.1, 0.15) is 24.4 Å². The Morgan fingerprint density at radius 1 is 0.455 bits per heavy atom. The number of nitrogens with zero attached hydrogens (tertiary/aromatic N) is 4. The van der Waals surface area contributed by atoms with E-state index in [1.807, 2.05) is 0 Å². The van der Waals surface area contributed by atoms with Gasteiger partial charge in [-0.3, -0.25) is 20.1 Å². The minimum atomic E-state index is -0.756. The van der Waals surface area contributed by atoms with Gasteiger partial charge in [0, 0.05) is 0 Å². The Kier molecular flexibility index (Phi) is 8.92. The molecule has 2 aliphatic rings. The van der Waals surface area contributed by atoms with Crippen molar-refractivity contribution < 1.29 is 28.8 Å². The van der Waals surface area contributed by atoms with E-state index >= 15 is 0 Å². The zero-order chi connectivity index (χ0) is 30.5. The van der Waals surface area contributed by atoms with Crippen LogP contribution in [0.4, 0.5) is 22.7 Å². The zero-order valence-corrected chi connectivity index (χ0v) is 23.0. The molecule has 0 N–H and O–H groups in total. The Hall–Kier alpha value is -4.64. The largest absolute Gasteiger partial charge is 0.733 e. The van der Waals surface area contributed by atoms with Gasteiger partial charge in [-0.25, -0.2) is 0 Å². The molecule has 4 atom stereocenters. The summed E-state index contributed by atoms with van der Waals surface area (Å²) >= 11 is 0. The summed E-state index contributed by atoms with van der Waals surface area (Å²) in [6, 6.07) is 28.4. The minimum absolute atomic E-state index is 0.0371. The Bertz CT molecular complexity index is 1360. The summed E-state index contributed by atoms with van der Waals surface area (Å²) in [5.74, 6) is 0.460. The lowest BCUT2D eigenvalue weighted by atomic mass is 10.1. The second-order valence-electron chi connectivity index (χ2n) is 9.75. The summed E-state index contributed by atoms with van der Waals surface area (Å²) in [6.45, 7) is 0.0741. The highest BCUT2D eigenvalue weighted by Gasteiger charge is 2.50. The first-order chi connectivity index (χ1) is 21.4. The van der Waals surface area contributed by atoms with E-state index in [4.69, 9.17) is 28.8 Å². The average Bonchev–Trinajstić information content (AvgIpc) is 3.65. The minimum Gasteiger partial charge on any atom is -0.733 e. The second kappa shape index (κ2) is 13.3. The summed E-state index contributed by atoms with van der Waals surface area (Å²) < 4.78 is 11.5. The lowest BCUT2D eigenvalue weighted by Gasteiger charge is -2.34. The van der Waals surface area contributed by atoms with E-state index in [1.54, 1.807) is 60.7 Å². The third-order valence-electron chi connectivity index (χ3n) is 6.83. The van der Waals surface area contributed by atoms with Crippen LogP contribution in [0.1, 0.15) is 0 Å². The molecule has 4 aromatic carbocycles. The zero-order valence-electron chi connectivity index (χ0n) is 23.0. The molecule has 2 heterocycles. The summed E-state index contributed by atoms with van der Waals surface area (Å²) in [6.07, 6.45) is -2.81. The molecule has 0 bridgehead atoms. The highest BCUT2D eigenvalue weighted by molar-refractivity contribution is 5.51. The van der Waals surface area contributed by atoms with E-state index in [9.17, 15) is 20.8 Å². The van der Waals surface area contributed by atoms with Gasteiger partial charge in [0.25, 0.3) is 0 Å². The maximum Gasteiger partial charge on any atom is 0.154 e. The highest BCUT2D eigenvalue weighted by atomic mass is 16.9. The van der Waals surface area contributed by atoms with Gasteiger partial charge in [0.05, 0.1) is 36.0 Å². The normalized spacial score (nSPS) is 20.5. The monoisotopic (exact) mass is 602 g/mol. The SMILES string of the molecule is [O-]N(Oc1ccc(N([O-])O[C@H]2COC3C2OC[C@H]3ON([O-])c2ccc(ON([O-])c3ccccc3)cc2)cc1)c1ccccc1. The lowest BCUT2D eigenvalue weighted by molar-refractivity contribution is -0.0521. The van der Waals surface area contributed by atoms with Crippen molar-refractivity contribution in [1.29, 1.82) is 0 Å². The summed E-state index contributed by atoms with van der Waals surface area (Å²) in [7, 11) is 0. The summed E-state index contributed by atoms with van der Waals surface area (Å²) in [5.41, 5.74) is 0.953. The Labute approximate surface area is 251 Å². The molecule has 2 unspecified atom stereocenters. The van der Waals surface area contributed by atoms with Crippen LogP contribution in [0, 0.1) is 20.8 Å². The van der Waals surface area contributed by atoms with Gasteiger partial charge < -0.3 is 50.4 Å². The van der Waals surface area contributed by atoms with Gasteiger partial charge in [-0.15, -0.1) is 0 Å². The van der Waals surface area contributed by atoms with Crippen LogP contribution in [0.2, 0.25) is 0 Å². The molecule has 14 heteroatoms. The van der Waals surface area contributed by atoms with Crippen LogP contribution in [0.5, 0.6) is 11.5 Å². The first-order valence-electron chi connectivity index (χ1n) is 13.6. The molecule has 0 spiro atoms. The second-order valence-corrected chi connectivity index (χ2v) is 9.75. The molecule has 230 valence electrons. The quantitative estimate of drug-likeness (QED) is 0.199. The van der Waals surface area contributed by atoms with Crippen molar-refractivity contribution in [2.24, 2.45) is 0 Å². The van der Waals surface area contributed by atoms with E-state index in [-0.39, 0.29) is 36.1 Å². The Morgan fingerprint density at radius 2 is 0.795 bits per heavy atom. The lowest BCUT2D eigenvalue weighted by Crippen LogP contribution is -2.38. The molecular formula is C30H26N4O10-4. The predicted octanol–water partition coefficient (Wildman–Crippen LogP) is 4.99. The highest BCUT2D eigenvalue weighted by Crippen LogP contribution is 2.33. The third kappa shape index (κ3) is 6.78. The molecular weight excluding hydrogens is 576 g/mol. The van der Waals surface area contributed by atoms with Gasteiger partial charge in [0.2, 0.25) is 0 Å². The molecule has 4 aromatic rings. The average molecular weight is 603 g/mol. The van der Waals surface area contributed by atoms with Gasteiger partial charge in [0.15, 0.2) is 11.5 Å². The van der Waals surface area contributed by atoms with Gasteiger partial charge in [-0.05, 0) is 72.8 Å². The fraction of sp³-hybridized carbons (Fsp3) is 0.200. The Morgan fingerprint density at radius 3 is 1.16 bits per heavy atom. The number of benzene rings is 4. The van der Waals surface area contributed by atoms with Crippen LogP contribution < -0.4 is 30.6 Å².